The molecule has 0 spiro atoms. The minimum Gasteiger partial charge on any atom is -0.494 e. The first-order valence-electron chi connectivity index (χ1n) is 7.67. The van der Waals surface area contributed by atoms with Crippen LogP contribution in [0.25, 0.3) is 10.2 Å². The molecule has 2 aromatic carbocycles. The average molecular weight is 354 g/mol. The van der Waals surface area contributed by atoms with Gasteiger partial charge < -0.3 is 14.2 Å². The number of thiazole rings is 1. The maximum absolute atomic E-state index is 12.1. The van der Waals surface area contributed by atoms with Gasteiger partial charge in [0, 0.05) is 6.07 Å². The summed E-state index contributed by atoms with van der Waals surface area (Å²) in [7, 11) is 0. The molecule has 0 fully saturated rings. The number of amides is 1. The molecule has 1 aliphatic rings. The zero-order chi connectivity index (χ0) is 17.1. The van der Waals surface area contributed by atoms with Crippen LogP contribution in [0.3, 0.4) is 0 Å². The van der Waals surface area contributed by atoms with Gasteiger partial charge in [0.2, 0.25) is 5.76 Å². The number of benzene rings is 2. The lowest BCUT2D eigenvalue weighted by molar-refractivity contribution is -0.117. The van der Waals surface area contributed by atoms with Crippen LogP contribution in [-0.4, -0.2) is 24.1 Å². The maximum Gasteiger partial charge on any atom is 0.295 e. The topological polar surface area (TPSA) is 69.7 Å². The fraction of sp³-hybridized carbons (Fsp3) is 0.111. The van der Waals surface area contributed by atoms with Gasteiger partial charge in [0.05, 0.1) is 10.2 Å². The van der Waals surface area contributed by atoms with Crippen LogP contribution < -0.4 is 10.1 Å². The molecule has 0 radical (unpaired) electrons. The Balaban J connectivity index is 1.52. The van der Waals surface area contributed by atoms with Gasteiger partial charge in [-0.3, -0.25) is 10.1 Å². The molecule has 0 aliphatic carbocycles. The highest BCUT2D eigenvalue weighted by atomic mass is 32.1. The summed E-state index contributed by atoms with van der Waals surface area (Å²) >= 11 is 1.37. The average Bonchev–Trinajstić information content (AvgIpc) is 3.05. The van der Waals surface area contributed by atoms with E-state index in [-0.39, 0.29) is 11.7 Å². The van der Waals surface area contributed by atoms with Gasteiger partial charge in [-0.2, -0.15) is 0 Å². The molecule has 1 amide bonds. The molecule has 0 bridgehead atoms. The van der Waals surface area contributed by atoms with Gasteiger partial charge in [-0.25, -0.2) is 4.98 Å². The van der Waals surface area contributed by atoms with Crippen molar-refractivity contribution in [1.82, 2.24) is 4.98 Å². The lowest BCUT2D eigenvalue weighted by Crippen LogP contribution is -2.20. The van der Waals surface area contributed by atoms with E-state index in [1.165, 1.54) is 17.6 Å². The Labute approximate surface area is 147 Å². The smallest absolute Gasteiger partial charge is 0.295 e. The lowest BCUT2D eigenvalue weighted by Gasteiger charge is -2.13. The van der Waals surface area contributed by atoms with Crippen LogP contribution in [0.4, 0.5) is 5.13 Å². The summed E-state index contributed by atoms with van der Waals surface area (Å²) in [4.78, 5) is 16.5. The van der Waals surface area contributed by atoms with Gasteiger partial charge >= 0.3 is 0 Å². The Morgan fingerprint density at radius 3 is 2.80 bits per heavy atom. The van der Waals surface area contributed by atoms with E-state index in [1.54, 1.807) is 0 Å². The zero-order valence-electron chi connectivity index (χ0n) is 13.1. The van der Waals surface area contributed by atoms with Gasteiger partial charge in [-0.05, 0) is 24.3 Å². The first-order chi connectivity index (χ1) is 12.3. The minimum atomic E-state index is -0.375. The highest BCUT2D eigenvalue weighted by Crippen LogP contribution is 2.31. The molecule has 0 unspecified atom stereocenters. The van der Waals surface area contributed by atoms with E-state index in [4.69, 9.17) is 14.2 Å². The molecule has 1 aliphatic heterocycles. The third-order valence-electron chi connectivity index (χ3n) is 3.43. The summed E-state index contributed by atoms with van der Waals surface area (Å²) < 4.78 is 17.1. The molecule has 126 valence electrons. The van der Waals surface area contributed by atoms with Crippen LogP contribution in [0.15, 0.2) is 60.6 Å². The number of nitrogens with zero attached hydrogens (tertiary/aromatic N) is 1. The van der Waals surface area contributed by atoms with Gasteiger partial charge in [-0.15, -0.1) is 0 Å². The molecular formula is C18H14N2O4S. The second-order valence-corrected chi connectivity index (χ2v) is 6.25. The minimum absolute atomic E-state index is 0.151. The molecule has 0 saturated heterocycles. The van der Waals surface area contributed by atoms with Crippen LogP contribution in [0.2, 0.25) is 0 Å². The molecule has 2 heterocycles. The van der Waals surface area contributed by atoms with Crippen molar-refractivity contribution in [3.8, 4) is 11.5 Å². The first kappa shape index (κ1) is 15.5. The van der Waals surface area contributed by atoms with Crippen LogP contribution in [0.1, 0.15) is 0 Å². The lowest BCUT2D eigenvalue weighted by atomic mass is 10.3. The molecular weight excluding hydrogens is 340 g/mol. The fourth-order valence-electron chi connectivity index (χ4n) is 2.29. The molecule has 0 atom stereocenters. The largest absolute Gasteiger partial charge is 0.494 e. The second-order valence-electron chi connectivity index (χ2n) is 5.22. The predicted molar refractivity (Wildman–Crippen MR) is 94.8 cm³/mol. The van der Waals surface area contributed by atoms with Gasteiger partial charge in [0.15, 0.2) is 5.13 Å². The van der Waals surface area contributed by atoms with Crippen molar-refractivity contribution < 1.29 is 19.0 Å². The van der Waals surface area contributed by atoms with E-state index in [1.807, 2.05) is 48.5 Å². The zero-order valence-corrected chi connectivity index (χ0v) is 13.9. The van der Waals surface area contributed by atoms with Crippen molar-refractivity contribution in [1.29, 1.82) is 0 Å². The highest BCUT2D eigenvalue weighted by Gasteiger charge is 2.17. The molecule has 6 nitrogen and oxygen atoms in total. The normalized spacial score (nSPS) is 13.5. The SMILES string of the molecule is O=C(Nc1nc2ccc(Oc3ccccc3)cc2s1)C1=COCCO1. The molecule has 1 N–H and O–H groups in total. The second kappa shape index (κ2) is 6.82. The highest BCUT2D eigenvalue weighted by molar-refractivity contribution is 7.22. The number of nitrogens with one attached hydrogen (secondary N) is 1. The Morgan fingerprint density at radius 1 is 1.12 bits per heavy atom. The van der Waals surface area contributed by atoms with E-state index in [9.17, 15) is 4.79 Å². The fourth-order valence-corrected chi connectivity index (χ4v) is 3.18. The van der Waals surface area contributed by atoms with Crippen LogP contribution in [0.5, 0.6) is 11.5 Å². The molecule has 0 saturated carbocycles. The summed E-state index contributed by atoms with van der Waals surface area (Å²) in [5.41, 5.74) is 0.788. The van der Waals surface area contributed by atoms with Crippen molar-refractivity contribution in [2.24, 2.45) is 0 Å². The molecule has 1 aromatic heterocycles. The number of fused-ring (bicyclic) bond motifs is 1. The van der Waals surface area contributed by atoms with Crippen molar-refractivity contribution >= 4 is 32.6 Å². The number of para-hydroxylation sites is 1. The van der Waals surface area contributed by atoms with Crippen molar-refractivity contribution in [3.63, 3.8) is 0 Å². The molecule has 7 heteroatoms. The third-order valence-corrected chi connectivity index (χ3v) is 4.37. The van der Waals surface area contributed by atoms with E-state index in [0.29, 0.717) is 24.1 Å². The number of hydrogen-bond donors (Lipinski definition) is 1. The number of anilines is 1. The number of carbonyl (C=O) groups is 1. The number of ether oxygens (including phenoxy) is 3. The monoisotopic (exact) mass is 354 g/mol. The first-order valence-corrected chi connectivity index (χ1v) is 8.49. The number of rotatable bonds is 4. The number of carbonyl (C=O) groups excluding carboxylic acids is 1. The van der Waals surface area contributed by atoms with Gasteiger partial charge in [0.1, 0.15) is 31.0 Å². The van der Waals surface area contributed by atoms with Gasteiger partial charge in [0.25, 0.3) is 5.91 Å². The quantitative estimate of drug-likeness (QED) is 0.769. The van der Waals surface area contributed by atoms with E-state index in [2.05, 4.69) is 10.3 Å². The number of aromatic nitrogens is 1. The third kappa shape index (κ3) is 3.56. The Kier molecular flexibility index (Phi) is 4.22. The van der Waals surface area contributed by atoms with E-state index < -0.39 is 0 Å². The Hall–Kier alpha value is -3.06. The summed E-state index contributed by atoms with van der Waals surface area (Å²) in [5.74, 6) is 1.26. The predicted octanol–water partition coefficient (Wildman–Crippen LogP) is 3.92. The summed E-state index contributed by atoms with van der Waals surface area (Å²) in [5, 5.41) is 3.22. The van der Waals surface area contributed by atoms with Crippen molar-refractivity contribution in [2.45, 2.75) is 0 Å². The number of hydrogen-bond acceptors (Lipinski definition) is 6. The van der Waals surface area contributed by atoms with Crippen molar-refractivity contribution in [3.05, 3.63) is 60.6 Å². The van der Waals surface area contributed by atoms with Crippen LogP contribution in [-0.2, 0) is 14.3 Å². The van der Waals surface area contributed by atoms with Crippen molar-refractivity contribution in [2.75, 3.05) is 18.5 Å². The summed E-state index contributed by atoms with van der Waals surface area (Å²) in [6.45, 7) is 0.807. The Morgan fingerprint density at radius 2 is 2.00 bits per heavy atom. The summed E-state index contributed by atoms with van der Waals surface area (Å²) in [6, 6.07) is 15.2. The Bertz CT molecular complexity index is 937. The standard InChI is InChI=1S/C18H14N2O4S/c21-17(15-11-22-8-9-23-15)20-18-19-14-7-6-13(10-16(14)25-18)24-12-4-2-1-3-5-12/h1-7,10-11H,8-9H2,(H,19,20,21). The molecule has 25 heavy (non-hydrogen) atoms. The maximum atomic E-state index is 12.1. The molecule has 4 rings (SSSR count). The van der Waals surface area contributed by atoms with Crippen LogP contribution >= 0.6 is 11.3 Å². The van der Waals surface area contributed by atoms with E-state index >= 15 is 0 Å². The van der Waals surface area contributed by atoms with Gasteiger partial charge in [-0.1, -0.05) is 29.5 Å². The molecule has 3 aromatic rings. The van der Waals surface area contributed by atoms with Crippen LogP contribution in [0, 0.1) is 0 Å². The van der Waals surface area contributed by atoms with E-state index in [0.717, 1.165) is 16.0 Å². The summed E-state index contributed by atoms with van der Waals surface area (Å²) in [6.07, 6.45) is 1.32.